The van der Waals surface area contributed by atoms with Crippen molar-refractivity contribution in [3.63, 3.8) is 0 Å². The van der Waals surface area contributed by atoms with Gasteiger partial charge in [0.05, 0.1) is 0 Å². The molecule has 0 amide bonds. The van der Waals surface area contributed by atoms with E-state index in [1.807, 2.05) is 0 Å². The van der Waals surface area contributed by atoms with Gasteiger partial charge < -0.3 is 14.9 Å². The summed E-state index contributed by atoms with van der Waals surface area (Å²) in [4.78, 5) is 0. The minimum absolute atomic E-state index is 0.00726. The van der Waals surface area contributed by atoms with Crippen LogP contribution in [-0.2, 0) is 0 Å². The molecule has 0 fully saturated rings. The van der Waals surface area contributed by atoms with Crippen molar-refractivity contribution in [2.75, 3.05) is 6.61 Å². The number of hydrogen-bond acceptors (Lipinski definition) is 3. The van der Waals surface area contributed by atoms with Gasteiger partial charge in [-0.15, -0.1) is 0 Å². The fourth-order valence-electron chi connectivity index (χ4n) is 1.59. The van der Waals surface area contributed by atoms with Crippen LogP contribution in [0.4, 0.5) is 4.39 Å². The van der Waals surface area contributed by atoms with Gasteiger partial charge in [-0.2, -0.15) is 0 Å². The zero-order valence-electron chi connectivity index (χ0n) is 9.58. The number of para-hydroxylation sites is 1. The third-order valence-corrected chi connectivity index (χ3v) is 2.50. The lowest BCUT2D eigenvalue weighted by Crippen LogP contribution is -2.09. The summed E-state index contributed by atoms with van der Waals surface area (Å²) in [5.74, 6) is -0.0538. The van der Waals surface area contributed by atoms with Crippen LogP contribution in [0.1, 0.15) is 11.7 Å². The van der Waals surface area contributed by atoms with E-state index in [2.05, 4.69) is 0 Å². The minimum Gasteiger partial charge on any atom is -0.508 e. The van der Waals surface area contributed by atoms with Gasteiger partial charge in [-0.1, -0.05) is 24.3 Å². The highest BCUT2D eigenvalue weighted by molar-refractivity contribution is 5.33. The molecule has 0 radical (unpaired) electrons. The second kappa shape index (κ2) is 5.51. The lowest BCUT2D eigenvalue weighted by molar-refractivity contribution is 0.105. The van der Waals surface area contributed by atoms with Gasteiger partial charge in [-0.3, -0.25) is 0 Å². The van der Waals surface area contributed by atoms with E-state index >= 15 is 0 Å². The lowest BCUT2D eigenvalue weighted by Gasteiger charge is -2.13. The highest BCUT2D eigenvalue weighted by atomic mass is 19.1. The first-order valence-corrected chi connectivity index (χ1v) is 5.51. The Morgan fingerprint density at radius 2 is 1.89 bits per heavy atom. The van der Waals surface area contributed by atoms with Gasteiger partial charge in [0.15, 0.2) is 0 Å². The molecule has 94 valence electrons. The molecule has 1 unspecified atom stereocenters. The molecule has 0 heterocycles. The highest BCUT2D eigenvalue weighted by Crippen LogP contribution is 2.24. The van der Waals surface area contributed by atoms with Crippen LogP contribution in [0, 0.1) is 5.82 Å². The van der Waals surface area contributed by atoms with Gasteiger partial charge in [0.25, 0.3) is 0 Å². The van der Waals surface area contributed by atoms with Crippen molar-refractivity contribution in [1.82, 2.24) is 0 Å². The Morgan fingerprint density at radius 1 is 1.11 bits per heavy atom. The summed E-state index contributed by atoms with van der Waals surface area (Å²) < 4.78 is 18.2. The molecule has 0 saturated carbocycles. The molecule has 0 saturated heterocycles. The molecule has 2 rings (SSSR count). The van der Waals surface area contributed by atoms with E-state index in [0.717, 1.165) is 0 Å². The van der Waals surface area contributed by atoms with Crippen LogP contribution in [0.2, 0.25) is 0 Å². The molecule has 0 aliphatic carbocycles. The number of aliphatic hydroxyl groups excluding tert-OH is 1. The molecular weight excluding hydrogens is 235 g/mol. The topological polar surface area (TPSA) is 49.7 Å². The quantitative estimate of drug-likeness (QED) is 0.874. The average Bonchev–Trinajstić information content (AvgIpc) is 2.37. The van der Waals surface area contributed by atoms with E-state index in [0.29, 0.717) is 11.3 Å². The molecule has 4 heteroatoms. The molecule has 18 heavy (non-hydrogen) atoms. The molecule has 0 aliphatic rings. The van der Waals surface area contributed by atoms with Crippen LogP contribution in [0.3, 0.4) is 0 Å². The van der Waals surface area contributed by atoms with Crippen molar-refractivity contribution >= 4 is 0 Å². The number of benzene rings is 2. The van der Waals surface area contributed by atoms with Gasteiger partial charge in [-0.25, -0.2) is 4.39 Å². The summed E-state index contributed by atoms with van der Waals surface area (Å²) in [6.07, 6.45) is -0.963. The molecule has 2 aromatic carbocycles. The molecule has 3 nitrogen and oxygen atoms in total. The van der Waals surface area contributed by atoms with Gasteiger partial charge >= 0.3 is 0 Å². The fraction of sp³-hybridized carbons (Fsp3) is 0.143. The maximum atomic E-state index is 12.9. The molecule has 1 atom stereocenters. The van der Waals surface area contributed by atoms with E-state index in [9.17, 15) is 14.6 Å². The monoisotopic (exact) mass is 248 g/mol. The van der Waals surface area contributed by atoms with Gasteiger partial charge in [-0.05, 0) is 18.2 Å². The Kier molecular flexibility index (Phi) is 3.79. The maximum absolute atomic E-state index is 12.9. The van der Waals surface area contributed by atoms with Crippen molar-refractivity contribution < 1.29 is 19.3 Å². The summed E-state index contributed by atoms with van der Waals surface area (Å²) >= 11 is 0. The van der Waals surface area contributed by atoms with E-state index < -0.39 is 11.9 Å². The molecule has 0 aliphatic heterocycles. The van der Waals surface area contributed by atoms with Crippen LogP contribution in [0.25, 0.3) is 0 Å². The number of phenolic OH excluding ortho intramolecular Hbond substituents is 1. The first kappa shape index (κ1) is 12.4. The predicted octanol–water partition coefficient (Wildman–Crippen LogP) is 2.64. The lowest BCUT2D eigenvalue weighted by atomic mass is 10.1. The number of hydrogen-bond donors (Lipinski definition) is 2. The van der Waals surface area contributed by atoms with E-state index in [4.69, 9.17) is 4.74 Å². The van der Waals surface area contributed by atoms with Crippen LogP contribution in [0.5, 0.6) is 11.5 Å². The summed E-state index contributed by atoms with van der Waals surface area (Å²) in [5.41, 5.74) is 0.383. The summed E-state index contributed by atoms with van der Waals surface area (Å²) in [6.45, 7) is -0.0545. The average molecular weight is 248 g/mol. The normalized spacial score (nSPS) is 12.1. The molecule has 2 N–H and O–H groups in total. The number of aliphatic hydroxyl groups is 1. The third-order valence-electron chi connectivity index (χ3n) is 2.50. The first-order valence-electron chi connectivity index (χ1n) is 5.51. The van der Waals surface area contributed by atoms with Crippen molar-refractivity contribution in [2.45, 2.75) is 6.10 Å². The molecule has 0 aromatic heterocycles. The maximum Gasteiger partial charge on any atom is 0.126 e. The number of aromatic hydroxyl groups is 1. The van der Waals surface area contributed by atoms with Gasteiger partial charge in [0.1, 0.15) is 30.0 Å². The van der Waals surface area contributed by atoms with Gasteiger partial charge in [0, 0.05) is 11.6 Å². The van der Waals surface area contributed by atoms with Crippen molar-refractivity contribution in [3.05, 3.63) is 59.9 Å². The SMILES string of the molecule is Oc1ccccc1C(O)COc1cccc(F)c1. The summed E-state index contributed by atoms with van der Waals surface area (Å²) in [6, 6.07) is 12.1. The summed E-state index contributed by atoms with van der Waals surface area (Å²) in [5, 5.41) is 19.4. The Balaban J connectivity index is 2.00. The Hall–Kier alpha value is -2.07. The molecular formula is C14H13FO3. The highest BCUT2D eigenvalue weighted by Gasteiger charge is 2.12. The zero-order valence-corrected chi connectivity index (χ0v) is 9.58. The van der Waals surface area contributed by atoms with Crippen molar-refractivity contribution in [3.8, 4) is 11.5 Å². The molecule has 0 spiro atoms. The van der Waals surface area contributed by atoms with Crippen LogP contribution in [0.15, 0.2) is 48.5 Å². The predicted molar refractivity (Wildman–Crippen MR) is 65.0 cm³/mol. The second-order valence-corrected chi connectivity index (χ2v) is 3.84. The first-order chi connectivity index (χ1) is 8.66. The smallest absolute Gasteiger partial charge is 0.126 e. The van der Waals surface area contributed by atoms with Crippen LogP contribution in [-0.4, -0.2) is 16.8 Å². The Morgan fingerprint density at radius 3 is 2.61 bits per heavy atom. The number of phenols is 1. The standard InChI is InChI=1S/C14H13FO3/c15-10-4-3-5-11(8-10)18-9-14(17)12-6-1-2-7-13(12)16/h1-8,14,16-17H,9H2. The van der Waals surface area contributed by atoms with Crippen molar-refractivity contribution in [1.29, 1.82) is 0 Å². The Labute approximate surface area is 104 Å². The van der Waals surface area contributed by atoms with Crippen LogP contribution >= 0.6 is 0 Å². The van der Waals surface area contributed by atoms with E-state index in [-0.39, 0.29) is 12.4 Å². The summed E-state index contributed by atoms with van der Waals surface area (Å²) in [7, 11) is 0. The molecule has 2 aromatic rings. The number of halogens is 1. The van der Waals surface area contributed by atoms with Crippen LogP contribution < -0.4 is 4.74 Å². The van der Waals surface area contributed by atoms with Crippen molar-refractivity contribution in [2.24, 2.45) is 0 Å². The van der Waals surface area contributed by atoms with E-state index in [1.165, 1.54) is 24.3 Å². The second-order valence-electron chi connectivity index (χ2n) is 3.84. The third kappa shape index (κ3) is 2.99. The Bertz CT molecular complexity index is 528. The number of rotatable bonds is 4. The minimum atomic E-state index is -0.963. The number of ether oxygens (including phenoxy) is 1. The largest absolute Gasteiger partial charge is 0.508 e. The zero-order chi connectivity index (χ0) is 13.0. The molecule has 0 bridgehead atoms. The van der Waals surface area contributed by atoms with Gasteiger partial charge in [0.2, 0.25) is 0 Å². The fourth-order valence-corrected chi connectivity index (χ4v) is 1.59. The van der Waals surface area contributed by atoms with E-state index in [1.54, 1.807) is 24.3 Å².